The van der Waals surface area contributed by atoms with E-state index in [0.717, 1.165) is 6.07 Å². The van der Waals surface area contributed by atoms with Gasteiger partial charge >= 0.3 is 0 Å². The quantitative estimate of drug-likeness (QED) is 0.668. The van der Waals surface area contributed by atoms with E-state index in [9.17, 15) is 14.9 Å². The summed E-state index contributed by atoms with van der Waals surface area (Å²) in [6.07, 6.45) is 0. The molecule has 0 fully saturated rings. The first-order valence-corrected chi connectivity index (χ1v) is 5.96. The maximum atomic E-state index is 11.1. The summed E-state index contributed by atoms with van der Waals surface area (Å²) in [5.41, 5.74) is 5.80. The number of nitrogens with one attached hydrogen (secondary N) is 1. The molecule has 0 radical (unpaired) electrons. The normalized spacial score (nSPS) is 10.1. The van der Waals surface area contributed by atoms with E-state index in [1.807, 2.05) is 0 Å². The van der Waals surface area contributed by atoms with Crippen molar-refractivity contribution in [2.24, 2.45) is 5.73 Å². The van der Waals surface area contributed by atoms with Crippen LogP contribution in [0.1, 0.15) is 10.4 Å². The second-order valence-corrected chi connectivity index (χ2v) is 4.43. The average molecular weight is 292 g/mol. The summed E-state index contributed by atoms with van der Waals surface area (Å²) in [5, 5.41) is 14.4. The number of rotatable bonds is 4. The predicted octanol–water partition coefficient (Wildman–Crippen LogP) is 3.09. The van der Waals surface area contributed by atoms with Crippen LogP contribution in [0.15, 0.2) is 42.5 Å². The van der Waals surface area contributed by atoms with E-state index < -0.39 is 10.8 Å². The number of hydrogen-bond donors (Lipinski definition) is 2. The van der Waals surface area contributed by atoms with E-state index in [-0.39, 0.29) is 16.9 Å². The van der Waals surface area contributed by atoms with Crippen LogP contribution in [0.25, 0.3) is 0 Å². The Hall–Kier alpha value is -2.60. The largest absolute Gasteiger partial charge is 0.366 e. The van der Waals surface area contributed by atoms with E-state index in [0.29, 0.717) is 10.7 Å². The highest BCUT2D eigenvalue weighted by molar-refractivity contribution is 6.30. The van der Waals surface area contributed by atoms with Crippen molar-refractivity contribution in [2.45, 2.75) is 0 Å². The maximum Gasteiger partial charge on any atom is 0.293 e. The van der Waals surface area contributed by atoms with E-state index in [1.54, 1.807) is 24.3 Å². The lowest BCUT2D eigenvalue weighted by Crippen LogP contribution is -2.11. The van der Waals surface area contributed by atoms with Crippen molar-refractivity contribution in [3.8, 4) is 0 Å². The van der Waals surface area contributed by atoms with Crippen molar-refractivity contribution < 1.29 is 9.72 Å². The lowest BCUT2D eigenvalue weighted by molar-refractivity contribution is -0.383. The van der Waals surface area contributed by atoms with Gasteiger partial charge in [0.05, 0.1) is 4.92 Å². The zero-order valence-corrected chi connectivity index (χ0v) is 10.9. The van der Waals surface area contributed by atoms with Gasteiger partial charge in [0.25, 0.3) is 5.69 Å². The van der Waals surface area contributed by atoms with Gasteiger partial charge in [0, 0.05) is 22.3 Å². The van der Waals surface area contributed by atoms with Crippen LogP contribution >= 0.6 is 11.6 Å². The molecule has 0 heterocycles. The SMILES string of the molecule is NC(=O)c1ccc(Nc2cccc(Cl)c2)c([N+](=O)[O-])c1. The molecular formula is C13H10ClN3O3. The number of benzene rings is 2. The summed E-state index contributed by atoms with van der Waals surface area (Å²) in [5.74, 6) is -0.720. The summed E-state index contributed by atoms with van der Waals surface area (Å²) in [7, 11) is 0. The van der Waals surface area contributed by atoms with Gasteiger partial charge in [0.2, 0.25) is 5.91 Å². The Kier molecular flexibility index (Phi) is 3.86. The van der Waals surface area contributed by atoms with Crippen LogP contribution in [0.3, 0.4) is 0 Å². The molecule has 20 heavy (non-hydrogen) atoms. The number of amides is 1. The Bertz CT molecular complexity index is 688. The number of carbonyl (C=O) groups is 1. The van der Waals surface area contributed by atoms with Crippen molar-refractivity contribution in [1.82, 2.24) is 0 Å². The monoisotopic (exact) mass is 291 g/mol. The zero-order valence-electron chi connectivity index (χ0n) is 10.2. The fraction of sp³-hybridized carbons (Fsp3) is 0. The molecule has 3 N–H and O–H groups in total. The van der Waals surface area contributed by atoms with Crippen LogP contribution in [0.5, 0.6) is 0 Å². The summed E-state index contributed by atoms with van der Waals surface area (Å²) >= 11 is 5.85. The number of carbonyl (C=O) groups excluding carboxylic acids is 1. The predicted molar refractivity (Wildman–Crippen MR) is 76.3 cm³/mol. The molecule has 0 unspecified atom stereocenters. The number of nitrogens with zero attached hydrogens (tertiary/aromatic N) is 1. The molecule has 0 spiro atoms. The van der Waals surface area contributed by atoms with Crippen molar-refractivity contribution in [1.29, 1.82) is 0 Å². The average Bonchev–Trinajstić information content (AvgIpc) is 2.38. The van der Waals surface area contributed by atoms with Crippen molar-refractivity contribution >= 4 is 34.6 Å². The highest BCUT2D eigenvalue weighted by Crippen LogP contribution is 2.29. The molecule has 6 nitrogen and oxygen atoms in total. The first-order valence-electron chi connectivity index (χ1n) is 5.58. The van der Waals surface area contributed by atoms with Gasteiger partial charge in [-0.3, -0.25) is 14.9 Å². The van der Waals surface area contributed by atoms with E-state index in [4.69, 9.17) is 17.3 Å². The highest BCUT2D eigenvalue weighted by atomic mass is 35.5. The zero-order chi connectivity index (χ0) is 14.7. The molecule has 0 saturated heterocycles. The summed E-state index contributed by atoms with van der Waals surface area (Å²) in [6.45, 7) is 0. The first kappa shape index (κ1) is 13.8. The molecule has 0 bridgehead atoms. The third-order valence-electron chi connectivity index (χ3n) is 2.58. The molecule has 2 aromatic carbocycles. The number of anilines is 2. The lowest BCUT2D eigenvalue weighted by Gasteiger charge is -2.08. The van der Waals surface area contributed by atoms with Crippen LogP contribution in [-0.4, -0.2) is 10.8 Å². The Balaban J connectivity index is 2.41. The second kappa shape index (κ2) is 5.58. The molecule has 102 valence electrons. The maximum absolute atomic E-state index is 11.1. The minimum absolute atomic E-state index is 0.0772. The smallest absolute Gasteiger partial charge is 0.293 e. The van der Waals surface area contributed by atoms with Crippen LogP contribution in [0.4, 0.5) is 17.1 Å². The van der Waals surface area contributed by atoms with E-state index in [2.05, 4.69) is 5.32 Å². The fourth-order valence-electron chi connectivity index (χ4n) is 1.66. The molecular weight excluding hydrogens is 282 g/mol. The lowest BCUT2D eigenvalue weighted by atomic mass is 10.1. The topological polar surface area (TPSA) is 98.3 Å². The molecule has 0 aromatic heterocycles. The molecule has 2 aromatic rings. The second-order valence-electron chi connectivity index (χ2n) is 3.99. The molecule has 1 amide bonds. The minimum Gasteiger partial charge on any atom is -0.366 e. The van der Waals surface area contributed by atoms with Gasteiger partial charge in [0.1, 0.15) is 5.69 Å². The van der Waals surface area contributed by atoms with Crippen LogP contribution in [-0.2, 0) is 0 Å². The van der Waals surface area contributed by atoms with Crippen LogP contribution in [0, 0.1) is 10.1 Å². The molecule has 2 rings (SSSR count). The van der Waals surface area contributed by atoms with Gasteiger partial charge in [0.15, 0.2) is 0 Å². The van der Waals surface area contributed by atoms with Gasteiger partial charge in [-0.2, -0.15) is 0 Å². The Labute approximate surface area is 119 Å². The third-order valence-corrected chi connectivity index (χ3v) is 2.82. The molecule has 0 aliphatic heterocycles. The fourth-order valence-corrected chi connectivity index (χ4v) is 1.85. The Morgan fingerprint density at radius 1 is 1.25 bits per heavy atom. The number of primary amides is 1. The van der Waals surface area contributed by atoms with Gasteiger partial charge in [-0.05, 0) is 30.3 Å². The van der Waals surface area contributed by atoms with E-state index in [1.165, 1.54) is 12.1 Å². The number of halogens is 1. The minimum atomic E-state index is -0.720. The van der Waals surface area contributed by atoms with Gasteiger partial charge in [-0.15, -0.1) is 0 Å². The van der Waals surface area contributed by atoms with Crippen LogP contribution < -0.4 is 11.1 Å². The number of nitro groups is 1. The summed E-state index contributed by atoms with van der Waals surface area (Å²) in [4.78, 5) is 21.5. The molecule has 0 aliphatic carbocycles. The van der Waals surface area contributed by atoms with Crippen molar-refractivity contribution in [3.63, 3.8) is 0 Å². The first-order chi connectivity index (χ1) is 9.47. The number of hydrogen-bond acceptors (Lipinski definition) is 4. The third kappa shape index (κ3) is 3.04. The van der Waals surface area contributed by atoms with Crippen molar-refractivity contribution in [3.05, 3.63) is 63.2 Å². The van der Waals surface area contributed by atoms with Gasteiger partial charge in [-0.1, -0.05) is 17.7 Å². The summed E-state index contributed by atoms with van der Waals surface area (Å²) < 4.78 is 0. The molecule has 7 heteroatoms. The van der Waals surface area contributed by atoms with Gasteiger partial charge in [-0.25, -0.2) is 0 Å². The highest BCUT2D eigenvalue weighted by Gasteiger charge is 2.16. The Morgan fingerprint density at radius 2 is 2.00 bits per heavy atom. The Morgan fingerprint density at radius 3 is 2.60 bits per heavy atom. The van der Waals surface area contributed by atoms with Gasteiger partial charge < -0.3 is 11.1 Å². The summed E-state index contributed by atoms with van der Waals surface area (Å²) in [6, 6.07) is 10.7. The number of nitrogens with two attached hydrogens (primary N) is 1. The van der Waals surface area contributed by atoms with E-state index >= 15 is 0 Å². The van der Waals surface area contributed by atoms with Crippen LogP contribution in [0.2, 0.25) is 5.02 Å². The standard InChI is InChI=1S/C13H10ClN3O3/c14-9-2-1-3-10(7-9)16-11-5-4-8(13(15)18)6-12(11)17(19)20/h1-7,16H,(H2,15,18). The number of nitro benzene ring substituents is 1. The van der Waals surface area contributed by atoms with Crippen molar-refractivity contribution in [2.75, 3.05) is 5.32 Å². The molecule has 0 atom stereocenters. The molecule has 0 saturated carbocycles. The molecule has 0 aliphatic rings.